The van der Waals surface area contributed by atoms with Crippen LogP contribution in [0.4, 0.5) is 10.8 Å². The monoisotopic (exact) mass is 428 g/mol. The molecule has 1 aliphatic heterocycles. The van der Waals surface area contributed by atoms with Crippen molar-refractivity contribution >= 4 is 49.7 Å². The second-order valence-electron chi connectivity index (χ2n) is 6.47. The van der Waals surface area contributed by atoms with Crippen LogP contribution in [0.15, 0.2) is 23.6 Å². The lowest BCUT2D eigenvalue weighted by Crippen LogP contribution is -2.35. The number of thiazole rings is 1. The lowest BCUT2D eigenvalue weighted by Gasteiger charge is -2.22. The third-order valence-corrected chi connectivity index (χ3v) is 6.11. The molecule has 0 atom stereocenters. The number of rotatable bonds is 4. The second kappa shape index (κ2) is 8.04. The van der Waals surface area contributed by atoms with E-state index < -0.39 is 10.0 Å². The van der Waals surface area contributed by atoms with Crippen LogP contribution in [-0.4, -0.2) is 56.6 Å². The Kier molecular flexibility index (Phi) is 5.92. The molecular weight excluding hydrogens is 408 g/mol. The van der Waals surface area contributed by atoms with Gasteiger partial charge in [-0.1, -0.05) is 11.6 Å². The summed E-state index contributed by atoms with van der Waals surface area (Å²) >= 11 is 7.66. The van der Waals surface area contributed by atoms with Crippen LogP contribution in [0.1, 0.15) is 22.5 Å². The van der Waals surface area contributed by atoms with E-state index >= 15 is 0 Å². The largest absolute Gasteiger partial charge is 0.346 e. The molecule has 146 valence electrons. The molecule has 0 saturated carbocycles. The van der Waals surface area contributed by atoms with Crippen molar-refractivity contribution in [3.63, 3.8) is 0 Å². The summed E-state index contributed by atoms with van der Waals surface area (Å²) in [4.78, 5) is 21.4. The number of hydrogen-bond acceptors (Lipinski definition) is 6. The van der Waals surface area contributed by atoms with E-state index in [-0.39, 0.29) is 16.6 Å². The third-order valence-electron chi connectivity index (χ3n) is 4.17. The molecule has 1 saturated heterocycles. The van der Waals surface area contributed by atoms with Gasteiger partial charge in [-0.05, 0) is 31.5 Å². The average molecular weight is 429 g/mol. The average Bonchev–Trinajstić information content (AvgIpc) is 2.88. The van der Waals surface area contributed by atoms with Gasteiger partial charge in [0.1, 0.15) is 0 Å². The Morgan fingerprint density at radius 2 is 2.04 bits per heavy atom. The normalized spacial score (nSPS) is 15.5. The first-order chi connectivity index (χ1) is 12.7. The highest BCUT2D eigenvalue weighted by Gasteiger charge is 2.22. The molecule has 0 unspecified atom stereocenters. The highest BCUT2D eigenvalue weighted by Crippen LogP contribution is 2.26. The van der Waals surface area contributed by atoms with Crippen molar-refractivity contribution in [2.45, 2.75) is 13.3 Å². The summed E-state index contributed by atoms with van der Waals surface area (Å²) in [5.41, 5.74) is 1.61. The van der Waals surface area contributed by atoms with E-state index in [1.165, 1.54) is 12.1 Å². The number of nitrogens with one attached hydrogen (secondary N) is 1. The number of sulfonamides is 1. The van der Waals surface area contributed by atoms with E-state index in [1.807, 2.05) is 12.3 Å². The Morgan fingerprint density at radius 1 is 1.26 bits per heavy atom. The topological polar surface area (TPSA) is 82.6 Å². The van der Waals surface area contributed by atoms with Crippen molar-refractivity contribution in [3.8, 4) is 0 Å². The van der Waals surface area contributed by atoms with Gasteiger partial charge in [-0.15, -0.1) is 11.3 Å². The SMILES string of the molecule is Cc1csc(N2CCCN(C(=O)c3ccc(Cl)c(NS(C)(=O)=O)c3)CC2)n1. The summed E-state index contributed by atoms with van der Waals surface area (Å²) in [5.74, 6) is -0.139. The molecule has 1 aromatic carbocycles. The Hall–Kier alpha value is -1.84. The first-order valence-electron chi connectivity index (χ1n) is 8.46. The predicted molar refractivity (Wildman–Crippen MR) is 110 cm³/mol. The smallest absolute Gasteiger partial charge is 0.253 e. The molecule has 2 heterocycles. The number of halogens is 1. The quantitative estimate of drug-likeness (QED) is 0.809. The maximum Gasteiger partial charge on any atom is 0.253 e. The molecule has 2 aromatic rings. The molecule has 0 radical (unpaired) electrons. The molecule has 3 rings (SSSR count). The van der Waals surface area contributed by atoms with Crippen LogP contribution in [0.3, 0.4) is 0 Å². The van der Waals surface area contributed by atoms with Gasteiger partial charge >= 0.3 is 0 Å². The molecule has 10 heteroatoms. The summed E-state index contributed by atoms with van der Waals surface area (Å²) in [6.07, 6.45) is 1.88. The number of aryl methyl sites for hydroxylation is 1. The molecule has 0 spiro atoms. The van der Waals surface area contributed by atoms with E-state index in [2.05, 4.69) is 14.6 Å². The van der Waals surface area contributed by atoms with Gasteiger partial charge in [0.25, 0.3) is 5.91 Å². The molecular formula is C17H21ClN4O3S2. The van der Waals surface area contributed by atoms with Gasteiger partial charge in [-0.2, -0.15) is 0 Å². The van der Waals surface area contributed by atoms with Crippen molar-refractivity contribution in [1.29, 1.82) is 0 Å². The molecule has 1 fully saturated rings. The van der Waals surface area contributed by atoms with Crippen molar-refractivity contribution in [2.24, 2.45) is 0 Å². The molecule has 0 bridgehead atoms. The number of benzene rings is 1. The fraction of sp³-hybridized carbons (Fsp3) is 0.412. The number of carbonyl (C=O) groups is 1. The van der Waals surface area contributed by atoms with E-state index in [4.69, 9.17) is 11.6 Å². The lowest BCUT2D eigenvalue weighted by molar-refractivity contribution is 0.0767. The highest BCUT2D eigenvalue weighted by atomic mass is 35.5. The number of hydrogen-bond donors (Lipinski definition) is 1. The van der Waals surface area contributed by atoms with Gasteiger partial charge in [-0.25, -0.2) is 13.4 Å². The molecule has 27 heavy (non-hydrogen) atoms. The number of aromatic nitrogens is 1. The van der Waals surface area contributed by atoms with E-state index in [0.717, 1.165) is 30.0 Å². The minimum atomic E-state index is -3.48. The first kappa shape index (κ1) is 19.9. The van der Waals surface area contributed by atoms with E-state index in [9.17, 15) is 13.2 Å². The van der Waals surface area contributed by atoms with Crippen molar-refractivity contribution < 1.29 is 13.2 Å². The fourth-order valence-electron chi connectivity index (χ4n) is 2.92. The number of carbonyl (C=O) groups excluding carboxylic acids is 1. The van der Waals surface area contributed by atoms with E-state index in [1.54, 1.807) is 22.3 Å². The van der Waals surface area contributed by atoms with Crippen molar-refractivity contribution in [1.82, 2.24) is 9.88 Å². The zero-order valence-electron chi connectivity index (χ0n) is 15.1. The molecule has 1 aromatic heterocycles. The molecule has 1 aliphatic rings. The zero-order chi connectivity index (χ0) is 19.6. The summed E-state index contributed by atoms with van der Waals surface area (Å²) in [6.45, 7) is 4.74. The minimum absolute atomic E-state index is 0.139. The van der Waals surface area contributed by atoms with Crippen LogP contribution in [0.5, 0.6) is 0 Å². The van der Waals surface area contributed by atoms with Crippen molar-refractivity contribution in [2.75, 3.05) is 42.1 Å². The molecule has 1 amide bonds. The molecule has 1 N–H and O–H groups in total. The molecule has 0 aliphatic carbocycles. The lowest BCUT2D eigenvalue weighted by atomic mass is 10.1. The standard InChI is InChI=1S/C17H21ClN4O3S2/c1-12-11-26-17(19-12)22-7-3-6-21(8-9-22)16(23)13-4-5-14(18)15(10-13)20-27(2,24)25/h4-5,10-11,20H,3,6-9H2,1-2H3. The number of anilines is 2. The minimum Gasteiger partial charge on any atom is -0.346 e. The fourth-order valence-corrected chi connectivity index (χ4v) is 4.56. The second-order valence-corrected chi connectivity index (χ2v) is 9.47. The Bertz CT molecular complexity index is 945. The Morgan fingerprint density at radius 3 is 2.70 bits per heavy atom. The summed E-state index contributed by atoms with van der Waals surface area (Å²) in [6, 6.07) is 4.63. The predicted octanol–water partition coefficient (Wildman–Crippen LogP) is 2.83. The maximum absolute atomic E-state index is 12.9. The maximum atomic E-state index is 12.9. The van der Waals surface area contributed by atoms with E-state index in [0.29, 0.717) is 25.2 Å². The summed E-state index contributed by atoms with van der Waals surface area (Å²) in [5, 5.41) is 3.25. The van der Waals surface area contributed by atoms with Gasteiger partial charge in [0, 0.05) is 37.1 Å². The summed E-state index contributed by atoms with van der Waals surface area (Å²) < 4.78 is 25.3. The van der Waals surface area contributed by atoms with Crippen LogP contribution in [-0.2, 0) is 10.0 Å². The Labute approximate surface area is 168 Å². The van der Waals surface area contributed by atoms with Crippen LogP contribution >= 0.6 is 22.9 Å². The van der Waals surface area contributed by atoms with Crippen LogP contribution in [0.25, 0.3) is 0 Å². The van der Waals surface area contributed by atoms with Crippen LogP contribution < -0.4 is 9.62 Å². The number of amides is 1. The van der Waals surface area contributed by atoms with Gasteiger partial charge < -0.3 is 9.80 Å². The Balaban J connectivity index is 1.73. The first-order valence-corrected chi connectivity index (χ1v) is 11.6. The summed E-state index contributed by atoms with van der Waals surface area (Å²) in [7, 11) is -3.48. The molecule has 7 nitrogen and oxygen atoms in total. The van der Waals surface area contributed by atoms with Gasteiger partial charge in [0.2, 0.25) is 10.0 Å². The van der Waals surface area contributed by atoms with Gasteiger partial charge in [0.05, 0.1) is 22.7 Å². The third kappa shape index (κ3) is 5.12. The zero-order valence-corrected chi connectivity index (χ0v) is 17.5. The van der Waals surface area contributed by atoms with Crippen LogP contribution in [0.2, 0.25) is 5.02 Å². The number of nitrogens with zero attached hydrogens (tertiary/aromatic N) is 3. The van der Waals surface area contributed by atoms with Crippen LogP contribution in [0, 0.1) is 6.92 Å². The van der Waals surface area contributed by atoms with Gasteiger partial charge in [0.15, 0.2) is 5.13 Å². The van der Waals surface area contributed by atoms with Gasteiger partial charge in [-0.3, -0.25) is 9.52 Å². The highest BCUT2D eigenvalue weighted by molar-refractivity contribution is 7.92. The van der Waals surface area contributed by atoms with Crippen molar-refractivity contribution in [3.05, 3.63) is 39.9 Å².